The Bertz CT molecular complexity index is 499. The second-order valence-electron chi connectivity index (χ2n) is 4.35. The molecule has 6 heteroatoms. The minimum absolute atomic E-state index is 0.107. The molecule has 1 rings (SSSR count). The topological polar surface area (TPSA) is 83.5 Å². The van der Waals surface area contributed by atoms with Crippen molar-refractivity contribution in [3.63, 3.8) is 0 Å². The lowest BCUT2D eigenvalue weighted by molar-refractivity contribution is -0.139. The molecule has 0 aliphatic carbocycles. The van der Waals surface area contributed by atoms with Gasteiger partial charge in [-0.1, -0.05) is 43.7 Å². The van der Waals surface area contributed by atoms with Gasteiger partial charge in [-0.15, -0.1) is 0 Å². The molecule has 2 N–H and O–H groups in total. The zero-order valence-electron chi connectivity index (χ0n) is 10.9. The maximum atomic E-state index is 11.8. The van der Waals surface area contributed by atoms with Crippen LogP contribution in [0.5, 0.6) is 0 Å². The van der Waals surface area contributed by atoms with Gasteiger partial charge in [0.1, 0.15) is 6.04 Å². The summed E-state index contributed by atoms with van der Waals surface area (Å²) in [6.07, 6.45) is 1.27. The summed E-state index contributed by atoms with van der Waals surface area (Å²) in [5.41, 5.74) is 0.912. The fraction of sp³-hybridized carbons (Fsp3) is 0.462. The first-order valence-electron chi connectivity index (χ1n) is 6.21. The Morgan fingerprint density at radius 2 is 1.95 bits per heavy atom. The van der Waals surface area contributed by atoms with Crippen molar-refractivity contribution in [3.8, 4) is 0 Å². The van der Waals surface area contributed by atoms with Gasteiger partial charge in [0.25, 0.3) is 0 Å². The van der Waals surface area contributed by atoms with Crippen LogP contribution in [-0.2, 0) is 21.2 Å². The summed E-state index contributed by atoms with van der Waals surface area (Å²) in [6, 6.07) is 8.19. The van der Waals surface area contributed by atoms with Gasteiger partial charge in [0, 0.05) is 0 Å². The third-order valence-electron chi connectivity index (χ3n) is 2.70. The lowest BCUT2D eigenvalue weighted by atomic mass is 10.2. The number of aryl methyl sites for hydroxylation is 1. The van der Waals surface area contributed by atoms with Crippen LogP contribution in [0.25, 0.3) is 0 Å². The number of carboxylic acid groups (broad SMARTS) is 1. The Balaban J connectivity index is 2.58. The molecular weight excluding hydrogens is 266 g/mol. The van der Waals surface area contributed by atoms with Gasteiger partial charge in [0.05, 0.1) is 5.75 Å². The van der Waals surface area contributed by atoms with Crippen molar-refractivity contribution in [1.82, 2.24) is 4.72 Å². The van der Waals surface area contributed by atoms with E-state index in [0.717, 1.165) is 5.56 Å². The fourth-order valence-electron chi connectivity index (χ4n) is 1.69. The number of sulfonamides is 1. The number of hydrogen-bond donors (Lipinski definition) is 2. The first kappa shape index (κ1) is 15.7. The monoisotopic (exact) mass is 285 g/mol. The van der Waals surface area contributed by atoms with Crippen LogP contribution in [0.4, 0.5) is 0 Å². The maximum Gasteiger partial charge on any atom is 0.321 e. The summed E-state index contributed by atoms with van der Waals surface area (Å²) < 4.78 is 25.9. The van der Waals surface area contributed by atoms with Crippen LogP contribution < -0.4 is 4.72 Å². The maximum absolute atomic E-state index is 11.8. The molecule has 5 nitrogen and oxygen atoms in total. The third kappa shape index (κ3) is 5.85. The first-order valence-corrected chi connectivity index (χ1v) is 7.86. The normalized spacial score (nSPS) is 13.1. The summed E-state index contributed by atoms with van der Waals surface area (Å²) in [6.45, 7) is 1.81. The summed E-state index contributed by atoms with van der Waals surface area (Å²) >= 11 is 0. The number of hydrogen-bond acceptors (Lipinski definition) is 3. The molecule has 0 spiro atoms. The van der Waals surface area contributed by atoms with E-state index < -0.39 is 22.0 Å². The highest BCUT2D eigenvalue weighted by molar-refractivity contribution is 7.89. The van der Waals surface area contributed by atoms with Gasteiger partial charge in [-0.2, -0.15) is 0 Å². The van der Waals surface area contributed by atoms with E-state index in [0.29, 0.717) is 19.3 Å². The SMILES string of the molecule is CCCC(NS(=O)(=O)CCc1ccccc1)C(=O)O. The lowest BCUT2D eigenvalue weighted by Gasteiger charge is -2.13. The highest BCUT2D eigenvalue weighted by Crippen LogP contribution is 2.04. The van der Waals surface area contributed by atoms with Gasteiger partial charge in [0.15, 0.2) is 0 Å². The van der Waals surface area contributed by atoms with E-state index in [1.165, 1.54) is 0 Å². The average Bonchev–Trinajstić information content (AvgIpc) is 2.37. The number of benzene rings is 1. The van der Waals surface area contributed by atoms with Gasteiger partial charge in [0.2, 0.25) is 10.0 Å². The van der Waals surface area contributed by atoms with E-state index in [9.17, 15) is 13.2 Å². The molecule has 0 radical (unpaired) electrons. The minimum atomic E-state index is -3.58. The molecule has 0 bridgehead atoms. The number of aliphatic carboxylic acids is 1. The summed E-state index contributed by atoms with van der Waals surface area (Å²) in [5.74, 6) is -1.24. The molecule has 0 aliphatic heterocycles. The van der Waals surface area contributed by atoms with E-state index >= 15 is 0 Å². The Morgan fingerprint density at radius 3 is 2.47 bits per heavy atom. The van der Waals surface area contributed by atoms with Crippen LogP contribution in [0.15, 0.2) is 30.3 Å². The number of carbonyl (C=O) groups is 1. The Labute approximate surface area is 113 Å². The predicted molar refractivity (Wildman–Crippen MR) is 73.4 cm³/mol. The number of rotatable bonds is 8. The van der Waals surface area contributed by atoms with Crippen LogP contribution >= 0.6 is 0 Å². The number of nitrogens with one attached hydrogen (secondary N) is 1. The summed E-state index contributed by atoms with van der Waals surface area (Å²) in [5, 5.41) is 8.93. The lowest BCUT2D eigenvalue weighted by Crippen LogP contribution is -2.41. The van der Waals surface area contributed by atoms with Crippen molar-refractivity contribution in [2.75, 3.05) is 5.75 Å². The molecule has 0 aromatic heterocycles. The van der Waals surface area contributed by atoms with Crippen molar-refractivity contribution in [2.45, 2.75) is 32.2 Å². The molecular formula is C13H19NO4S. The first-order chi connectivity index (χ1) is 8.94. The van der Waals surface area contributed by atoms with Crippen LogP contribution in [0, 0.1) is 0 Å². The molecule has 0 saturated heterocycles. The van der Waals surface area contributed by atoms with Gasteiger partial charge >= 0.3 is 5.97 Å². The largest absolute Gasteiger partial charge is 0.480 e. The van der Waals surface area contributed by atoms with E-state index in [1.807, 2.05) is 37.3 Å². The van der Waals surface area contributed by atoms with Gasteiger partial charge < -0.3 is 5.11 Å². The molecule has 1 unspecified atom stereocenters. The molecule has 1 aromatic carbocycles. The number of carboxylic acids is 1. The summed E-state index contributed by atoms with van der Waals surface area (Å²) in [4.78, 5) is 10.9. The quantitative estimate of drug-likeness (QED) is 0.756. The van der Waals surface area contributed by atoms with Crippen molar-refractivity contribution in [1.29, 1.82) is 0 Å². The third-order valence-corrected chi connectivity index (χ3v) is 4.08. The van der Waals surface area contributed by atoms with Gasteiger partial charge in [-0.3, -0.25) is 4.79 Å². The van der Waals surface area contributed by atoms with E-state index in [4.69, 9.17) is 5.11 Å². The summed E-state index contributed by atoms with van der Waals surface area (Å²) in [7, 11) is -3.58. The molecule has 0 saturated carbocycles. The predicted octanol–water partition coefficient (Wildman–Crippen LogP) is 1.40. The molecule has 106 valence electrons. The zero-order valence-corrected chi connectivity index (χ0v) is 11.7. The molecule has 1 atom stereocenters. The van der Waals surface area contributed by atoms with Crippen molar-refractivity contribution < 1.29 is 18.3 Å². The zero-order chi connectivity index (χ0) is 14.3. The van der Waals surface area contributed by atoms with E-state index in [1.54, 1.807) is 0 Å². The standard InChI is InChI=1S/C13H19NO4S/c1-2-6-12(13(15)16)14-19(17,18)10-9-11-7-4-3-5-8-11/h3-5,7-8,12,14H,2,6,9-10H2,1H3,(H,15,16). The highest BCUT2D eigenvalue weighted by atomic mass is 32.2. The Morgan fingerprint density at radius 1 is 1.32 bits per heavy atom. The van der Waals surface area contributed by atoms with Gasteiger partial charge in [-0.05, 0) is 18.4 Å². The molecule has 19 heavy (non-hydrogen) atoms. The molecule has 0 fully saturated rings. The van der Waals surface area contributed by atoms with Crippen LogP contribution in [0.3, 0.4) is 0 Å². The smallest absolute Gasteiger partial charge is 0.321 e. The average molecular weight is 285 g/mol. The molecule has 1 aromatic rings. The van der Waals surface area contributed by atoms with Crippen molar-refractivity contribution >= 4 is 16.0 Å². The Hall–Kier alpha value is -1.40. The second kappa shape index (κ2) is 7.25. The van der Waals surface area contributed by atoms with Crippen molar-refractivity contribution in [2.24, 2.45) is 0 Å². The van der Waals surface area contributed by atoms with Gasteiger partial charge in [-0.25, -0.2) is 13.1 Å². The molecule has 0 heterocycles. The van der Waals surface area contributed by atoms with Crippen LogP contribution in [-0.4, -0.2) is 31.3 Å². The fourth-order valence-corrected chi connectivity index (χ4v) is 2.97. The minimum Gasteiger partial charge on any atom is -0.480 e. The van der Waals surface area contributed by atoms with E-state index in [2.05, 4.69) is 4.72 Å². The highest BCUT2D eigenvalue weighted by Gasteiger charge is 2.22. The van der Waals surface area contributed by atoms with Crippen molar-refractivity contribution in [3.05, 3.63) is 35.9 Å². The van der Waals surface area contributed by atoms with Crippen LogP contribution in [0.2, 0.25) is 0 Å². The Kier molecular flexibility index (Phi) is 5.98. The van der Waals surface area contributed by atoms with Crippen LogP contribution in [0.1, 0.15) is 25.3 Å². The molecule has 0 aliphatic rings. The molecule has 0 amide bonds. The second-order valence-corrected chi connectivity index (χ2v) is 6.23. The van der Waals surface area contributed by atoms with E-state index in [-0.39, 0.29) is 5.75 Å².